The predicted octanol–water partition coefficient (Wildman–Crippen LogP) is 2.86. The van der Waals surface area contributed by atoms with Crippen LogP contribution in [0.1, 0.15) is 28.9 Å². The number of carbonyl (C=O) groups is 1. The average Bonchev–Trinajstić information content (AvgIpc) is 3.00. The van der Waals surface area contributed by atoms with E-state index in [1.165, 1.54) is 16.9 Å². The maximum Gasteiger partial charge on any atom is 0.261 e. The zero-order valence-corrected chi connectivity index (χ0v) is 12.4. The first-order valence-corrected chi connectivity index (χ1v) is 7.95. The smallest absolute Gasteiger partial charge is 0.261 e. The molecule has 0 aliphatic carbocycles. The van der Waals surface area contributed by atoms with E-state index in [0.717, 1.165) is 37.4 Å². The van der Waals surface area contributed by atoms with Crippen molar-refractivity contribution in [1.82, 2.24) is 10.2 Å². The van der Waals surface area contributed by atoms with E-state index in [-0.39, 0.29) is 12.6 Å². The van der Waals surface area contributed by atoms with Crippen LogP contribution in [0.2, 0.25) is 0 Å². The van der Waals surface area contributed by atoms with Gasteiger partial charge < -0.3 is 5.32 Å². The third-order valence-corrected chi connectivity index (χ3v) is 4.26. The molecule has 110 valence electrons. The van der Waals surface area contributed by atoms with Crippen LogP contribution in [0.3, 0.4) is 0 Å². The summed E-state index contributed by atoms with van der Waals surface area (Å²) in [5.41, 5.74) is 1.35. The van der Waals surface area contributed by atoms with Crippen molar-refractivity contribution in [1.29, 1.82) is 0 Å². The zero-order valence-electron chi connectivity index (χ0n) is 11.6. The highest BCUT2D eigenvalue weighted by molar-refractivity contribution is 7.12. The first-order chi connectivity index (χ1) is 9.79. The van der Waals surface area contributed by atoms with Gasteiger partial charge in [-0.2, -0.15) is 0 Å². The summed E-state index contributed by atoms with van der Waals surface area (Å²) in [5.74, 6) is 0.00527. The van der Waals surface area contributed by atoms with Gasteiger partial charge in [0.15, 0.2) is 0 Å². The third-order valence-electron chi connectivity index (χ3n) is 3.39. The van der Waals surface area contributed by atoms with E-state index in [1.807, 2.05) is 17.5 Å². The third kappa shape index (κ3) is 4.72. The average molecular weight is 296 g/mol. The molecule has 0 unspecified atom stereocenters. The fourth-order valence-corrected chi connectivity index (χ4v) is 3.01. The molecular formula is C15H21FN2OS. The Balaban J connectivity index is 1.69. The Bertz CT molecular complexity index is 445. The van der Waals surface area contributed by atoms with Crippen molar-refractivity contribution in [3.05, 3.63) is 34.0 Å². The highest BCUT2D eigenvalue weighted by Gasteiger charge is 2.12. The van der Waals surface area contributed by atoms with Crippen LogP contribution in [0.15, 0.2) is 29.2 Å². The van der Waals surface area contributed by atoms with Crippen LogP contribution in [-0.4, -0.2) is 43.7 Å². The van der Waals surface area contributed by atoms with Crippen LogP contribution in [-0.2, 0) is 0 Å². The SMILES string of the molecule is O=C(NCCC1=CCCN(CCCF)C1)c1cccs1. The number of carbonyl (C=O) groups excluding carboxylic acids is 1. The molecule has 3 nitrogen and oxygen atoms in total. The van der Waals surface area contributed by atoms with Gasteiger partial charge in [0, 0.05) is 26.2 Å². The number of nitrogens with zero attached hydrogens (tertiary/aromatic N) is 1. The van der Waals surface area contributed by atoms with Crippen LogP contribution >= 0.6 is 11.3 Å². The summed E-state index contributed by atoms with van der Waals surface area (Å²) in [6.07, 6.45) is 4.77. The number of hydrogen-bond donors (Lipinski definition) is 1. The van der Waals surface area contributed by atoms with Crippen LogP contribution in [0.4, 0.5) is 4.39 Å². The summed E-state index contributed by atoms with van der Waals surface area (Å²) >= 11 is 1.46. The van der Waals surface area contributed by atoms with Gasteiger partial charge in [0.2, 0.25) is 0 Å². The maximum atomic E-state index is 12.2. The Morgan fingerprint density at radius 1 is 1.50 bits per heavy atom. The van der Waals surface area contributed by atoms with E-state index in [2.05, 4.69) is 16.3 Å². The van der Waals surface area contributed by atoms with E-state index >= 15 is 0 Å². The fraction of sp³-hybridized carbons (Fsp3) is 0.533. The molecule has 0 bridgehead atoms. The first kappa shape index (κ1) is 15.2. The summed E-state index contributed by atoms with van der Waals surface area (Å²) < 4.78 is 12.2. The lowest BCUT2D eigenvalue weighted by atomic mass is 10.1. The van der Waals surface area contributed by atoms with Crippen LogP contribution in [0.5, 0.6) is 0 Å². The molecule has 2 heterocycles. The Hall–Kier alpha value is -1.20. The molecule has 0 fully saturated rings. The number of rotatable bonds is 7. The number of nitrogens with one attached hydrogen (secondary N) is 1. The molecule has 1 amide bonds. The second kappa shape index (κ2) is 8.17. The Morgan fingerprint density at radius 2 is 2.40 bits per heavy atom. The van der Waals surface area contributed by atoms with E-state index in [0.29, 0.717) is 13.0 Å². The molecule has 1 N–H and O–H groups in total. The van der Waals surface area contributed by atoms with Crippen molar-refractivity contribution in [2.45, 2.75) is 19.3 Å². The highest BCUT2D eigenvalue weighted by Crippen LogP contribution is 2.13. The van der Waals surface area contributed by atoms with Crippen molar-refractivity contribution in [2.24, 2.45) is 0 Å². The first-order valence-electron chi connectivity index (χ1n) is 7.07. The van der Waals surface area contributed by atoms with Gasteiger partial charge in [0.1, 0.15) is 0 Å². The van der Waals surface area contributed by atoms with Crippen LogP contribution < -0.4 is 5.32 Å². The van der Waals surface area contributed by atoms with Crippen molar-refractivity contribution in [3.8, 4) is 0 Å². The number of hydrogen-bond acceptors (Lipinski definition) is 3. The van der Waals surface area contributed by atoms with Gasteiger partial charge >= 0.3 is 0 Å². The van der Waals surface area contributed by atoms with Crippen molar-refractivity contribution in [2.75, 3.05) is 32.9 Å². The van der Waals surface area contributed by atoms with Gasteiger partial charge in [-0.1, -0.05) is 17.7 Å². The lowest BCUT2D eigenvalue weighted by Gasteiger charge is -2.27. The highest BCUT2D eigenvalue weighted by atomic mass is 32.1. The monoisotopic (exact) mass is 296 g/mol. The molecule has 1 aliphatic heterocycles. The predicted molar refractivity (Wildman–Crippen MR) is 81.0 cm³/mol. The molecule has 1 aromatic heterocycles. The maximum absolute atomic E-state index is 12.2. The minimum atomic E-state index is -0.244. The normalized spacial score (nSPS) is 15.9. The second-order valence-corrected chi connectivity index (χ2v) is 5.90. The van der Waals surface area contributed by atoms with Crippen molar-refractivity contribution >= 4 is 17.2 Å². The molecule has 0 saturated carbocycles. The number of amides is 1. The summed E-state index contributed by atoms with van der Waals surface area (Å²) in [7, 11) is 0. The second-order valence-electron chi connectivity index (χ2n) is 4.95. The quantitative estimate of drug-likeness (QED) is 0.785. The van der Waals surface area contributed by atoms with Gasteiger partial charge in [-0.25, -0.2) is 0 Å². The number of thiophene rings is 1. The lowest BCUT2D eigenvalue weighted by Crippen LogP contribution is -2.32. The Labute approximate surface area is 123 Å². The Kier molecular flexibility index (Phi) is 6.21. The van der Waals surface area contributed by atoms with E-state index in [1.54, 1.807) is 0 Å². The summed E-state index contributed by atoms with van der Waals surface area (Å²) in [6, 6.07) is 3.71. The summed E-state index contributed by atoms with van der Waals surface area (Å²) in [6.45, 7) is 3.18. The van der Waals surface area contributed by atoms with E-state index in [9.17, 15) is 9.18 Å². The molecule has 5 heteroatoms. The van der Waals surface area contributed by atoms with Gasteiger partial charge in [-0.3, -0.25) is 14.1 Å². The van der Waals surface area contributed by atoms with Gasteiger partial charge in [0.25, 0.3) is 5.91 Å². The van der Waals surface area contributed by atoms with Crippen molar-refractivity contribution < 1.29 is 9.18 Å². The summed E-state index contributed by atoms with van der Waals surface area (Å²) in [4.78, 5) is 14.8. The van der Waals surface area contributed by atoms with Gasteiger partial charge in [-0.05, 0) is 30.7 Å². The number of halogens is 1. The van der Waals surface area contributed by atoms with Gasteiger partial charge in [-0.15, -0.1) is 11.3 Å². The van der Waals surface area contributed by atoms with Crippen LogP contribution in [0, 0.1) is 0 Å². The summed E-state index contributed by atoms with van der Waals surface area (Å²) in [5, 5.41) is 4.85. The lowest BCUT2D eigenvalue weighted by molar-refractivity contribution is 0.0958. The fourth-order valence-electron chi connectivity index (χ4n) is 2.37. The zero-order chi connectivity index (χ0) is 14.2. The molecular weight excluding hydrogens is 275 g/mol. The minimum Gasteiger partial charge on any atom is -0.351 e. The number of alkyl halides is 1. The van der Waals surface area contributed by atoms with Gasteiger partial charge in [0.05, 0.1) is 11.6 Å². The standard InChI is InChI=1S/C15H21FN2OS/c16-7-3-10-18-9-1-4-13(12-18)6-8-17-15(19)14-5-2-11-20-14/h2,4-5,11H,1,3,6-10,12H2,(H,17,19). The van der Waals surface area contributed by atoms with E-state index < -0.39 is 0 Å². The molecule has 0 saturated heterocycles. The molecule has 2 rings (SSSR count). The topological polar surface area (TPSA) is 32.3 Å². The molecule has 20 heavy (non-hydrogen) atoms. The molecule has 0 radical (unpaired) electrons. The molecule has 1 aliphatic rings. The molecule has 1 aromatic rings. The largest absolute Gasteiger partial charge is 0.351 e. The molecule has 0 atom stereocenters. The van der Waals surface area contributed by atoms with E-state index in [4.69, 9.17) is 0 Å². The molecule has 0 aromatic carbocycles. The molecule has 0 spiro atoms. The van der Waals surface area contributed by atoms with Crippen molar-refractivity contribution in [3.63, 3.8) is 0 Å². The minimum absolute atomic E-state index is 0.00527. The van der Waals surface area contributed by atoms with Crippen LogP contribution in [0.25, 0.3) is 0 Å². The Morgan fingerprint density at radius 3 is 3.15 bits per heavy atom.